The molecule has 4 rings (SSSR count). The molecule has 1 N–H and O–H groups in total. The number of halogens is 4. The van der Waals surface area contributed by atoms with Gasteiger partial charge in [-0.05, 0) is 47.0 Å². The number of benzene rings is 2. The zero-order chi connectivity index (χ0) is 21.3. The van der Waals surface area contributed by atoms with Crippen LogP contribution in [0.2, 0.25) is 5.02 Å². The molecule has 1 unspecified atom stereocenters. The van der Waals surface area contributed by atoms with E-state index in [0.29, 0.717) is 10.7 Å². The zero-order valence-electron chi connectivity index (χ0n) is 15.3. The molecule has 0 saturated heterocycles. The molecule has 0 spiro atoms. The first-order valence-electron chi connectivity index (χ1n) is 9.00. The molecule has 0 radical (unpaired) electrons. The third-order valence-electron chi connectivity index (χ3n) is 4.46. The first kappa shape index (κ1) is 20.7. The van der Waals surface area contributed by atoms with Gasteiger partial charge in [-0.3, -0.25) is 4.79 Å². The molecular weight excluding hydrogens is 439 g/mol. The van der Waals surface area contributed by atoms with Gasteiger partial charge >= 0.3 is 6.18 Å². The van der Waals surface area contributed by atoms with E-state index in [1.165, 1.54) is 6.07 Å². The predicted octanol–water partition coefficient (Wildman–Crippen LogP) is 5.15. The van der Waals surface area contributed by atoms with Gasteiger partial charge in [-0.15, -0.1) is 5.10 Å². The van der Waals surface area contributed by atoms with E-state index in [1.807, 2.05) is 6.07 Å². The lowest BCUT2D eigenvalue weighted by molar-refractivity contribution is -0.137. The largest absolute Gasteiger partial charge is 0.417 e. The van der Waals surface area contributed by atoms with Gasteiger partial charge in [-0.2, -0.15) is 13.2 Å². The Labute approximate surface area is 178 Å². The Balaban J connectivity index is 1.61. The van der Waals surface area contributed by atoms with E-state index in [2.05, 4.69) is 20.8 Å². The number of anilines is 1. The topological polar surface area (TPSA) is 72.7 Å². The normalized spacial score (nSPS) is 15.1. The van der Waals surface area contributed by atoms with Crippen LogP contribution >= 0.6 is 23.4 Å². The van der Waals surface area contributed by atoms with Crippen molar-refractivity contribution >= 4 is 35.0 Å². The molecule has 1 saturated carbocycles. The maximum atomic E-state index is 13.1. The highest BCUT2D eigenvalue weighted by Gasteiger charge is 2.34. The SMILES string of the molecule is O=C(Nc1ccc(Cl)c(C(F)(F)F)c1)C(Sc1nnnn1C1CC1)c1ccccc1. The van der Waals surface area contributed by atoms with Crippen molar-refractivity contribution in [3.8, 4) is 0 Å². The summed E-state index contributed by atoms with van der Waals surface area (Å²) in [6.07, 6.45) is -2.70. The summed E-state index contributed by atoms with van der Waals surface area (Å²) >= 11 is 6.81. The molecule has 3 aromatic rings. The van der Waals surface area contributed by atoms with Crippen molar-refractivity contribution in [2.24, 2.45) is 0 Å². The fraction of sp³-hybridized carbons (Fsp3) is 0.263. The van der Waals surface area contributed by atoms with E-state index in [4.69, 9.17) is 11.6 Å². The van der Waals surface area contributed by atoms with Crippen molar-refractivity contribution in [3.63, 3.8) is 0 Å². The maximum Gasteiger partial charge on any atom is 0.417 e. The van der Waals surface area contributed by atoms with Crippen molar-refractivity contribution in [2.75, 3.05) is 5.32 Å². The van der Waals surface area contributed by atoms with E-state index in [0.717, 1.165) is 36.7 Å². The number of nitrogens with one attached hydrogen (secondary N) is 1. The number of alkyl halides is 3. The number of thioether (sulfide) groups is 1. The summed E-state index contributed by atoms with van der Waals surface area (Å²) in [6.45, 7) is 0. The van der Waals surface area contributed by atoms with E-state index in [9.17, 15) is 18.0 Å². The lowest BCUT2D eigenvalue weighted by Gasteiger charge is -2.17. The third-order valence-corrected chi connectivity index (χ3v) is 5.99. The van der Waals surface area contributed by atoms with Crippen molar-refractivity contribution in [3.05, 3.63) is 64.7 Å². The smallest absolute Gasteiger partial charge is 0.325 e. The molecular formula is C19H15ClF3N5OS. The minimum atomic E-state index is -4.63. The van der Waals surface area contributed by atoms with Crippen LogP contribution in [0.5, 0.6) is 0 Å². The number of hydrogen-bond donors (Lipinski definition) is 1. The number of tetrazole rings is 1. The number of nitrogens with zero attached hydrogens (tertiary/aromatic N) is 4. The summed E-state index contributed by atoms with van der Waals surface area (Å²) in [5.74, 6) is -0.494. The summed E-state index contributed by atoms with van der Waals surface area (Å²) in [6, 6.07) is 12.4. The molecule has 30 heavy (non-hydrogen) atoms. The summed E-state index contributed by atoms with van der Waals surface area (Å²) < 4.78 is 41.1. The molecule has 1 aliphatic rings. The molecule has 11 heteroatoms. The molecule has 1 amide bonds. The Kier molecular flexibility index (Phi) is 5.70. The van der Waals surface area contributed by atoms with E-state index in [-0.39, 0.29) is 11.7 Å². The molecule has 156 valence electrons. The quantitative estimate of drug-likeness (QED) is 0.522. The summed E-state index contributed by atoms with van der Waals surface area (Å²) in [7, 11) is 0. The van der Waals surface area contributed by atoms with Crippen LogP contribution in [0, 0.1) is 0 Å². The van der Waals surface area contributed by atoms with Gasteiger partial charge < -0.3 is 5.32 Å². The van der Waals surface area contributed by atoms with Gasteiger partial charge in [0.1, 0.15) is 5.25 Å². The summed E-state index contributed by atoms with van der Waals surface area (Å²) in [4.78, 5) is 13.1. The van der Waals surface area contributed by atoms with Gasteiger partial charge in [0.2, 0.25) is 11.1 Å². The maximum absolute atomic E-state index is 13.1. The van der Waals surface area contributed by atoms with Crippen LogP contribution in [0.4, 0.5) is 18.9 Å². The van der Waals surface area contributed by atoms with E-state index < -0.39 is 27.9 Å². The zero-order valence-corrected chi connectivity index (χ0v) is 16.9. The van der Waals surface area contributed by atoms with E-state index in [1.54, 1.807) is 28.9 Å². The molecule has 6 nitrogen and oxygen atoms in total. The second-order valence-corrected chi connectivity index (χ2v) is 8.21. The number of amides is 1. The standard InChI is InChI=1S/C19H15ClF3N5OS/c20-15-9-6-12(10-14(15)19(21,22)23)24-17(29)16(11-4-2-1-3-5-11)30-18-25-26-27-28(18)13-7-8-13/h1-6,9-10,13,16H,7-8H2,(H,24,29). The Morgan fingerprint density at radius 3 is 2.60 bits per heavy atom. The number of carbonyl (C=O) groups is 1. The fourth-order valence-electron chi connectivity index (χ4n) is 2.85. The molecule has 1 atom stereocenters. The van der Waals surface area contributed by atoms with Crippen molar-refractivity contribution < 1.29 is 18.0 Å². The second-order valence-electron chi connectivity index (χ2n) is 6.73. The summed E-state index contributed by atoms with van der Waals surface area (Å²) in [5.41, 5.74) is -0.334. The van der Waals surface area contributed by atoms with Crippen LogP contribution in [0.3, 0.4) is 0 Å². The van der Waals surface area contributed by atoms with E-state index >= 15 is 0 Å². The Morgan fingerprint density at radius 1 is 1.20 bits per heavy atom. The highest BCUT2D eigenvalue weighted by molar-refractivity contribution is 8.00. The molecule has 1 heterocycles. The number of aromatic nitrogens is 4. The number of rotatable bonds is 6. The van der Waals surface area contributed by atoms with Crippen LogP contribution in [0.15, 0.2) is 53.7 Å². The van der Waals surface area contributed by atoms with Gasteiger partial charge in [-0.1, -0.05) is 53.7 Å². The van der Waals surface area contributed by atoms with Gasteiger partial charge in [-0.25, -0.2) is 4.68 Å². The molecule has 0 bridgehead atoms. The van der Waals surface area contributed by atoms with Crippen molar-refractivity contribution in [1.82, 2.24) is 20.2 Å². The van der Waals surface area contributed by atoms with Gasteiger partial charge in [0.05, 0.1) is 16.6 Å². The average Bonchev–Trinajstić information content (AvgIpc) is 3.45. The molecule has 1 fully saturated rings. The minimum absolute atomic E-state index is 0.0000378. The van der Waals surface area contributed by atoms with Gasteiger partial charge in [0.15, 0.2) is 0 Å². The number of hydrogen-bond acceptors (Lipinski definition) is 5. The molecule has 1 aliphatic carbocycles. The van der Waals surface area contributed by atoms with Crippen LogP contribution in [-0.2, 0) is 11.0 Å². The monoisotopic (exact) mass is 453 g/mol. The lowest BCUT2D eigenvalue weighted by atomic mass is 10.1. The fourth-order valence-corrected chi connectivity index (χ4v) is 4.12. The lowest BCUT2D eigenvalue weighted by Crippen LogP contribution is -2.20. The highest BCUT2D eigenvalue weighted by Crippen LogP contribution is 2.41. The van der Waals surface area contributed by atoms with Gasteiger partial charge in [0.25, 0.3) is 0 Å². The van der Waals surface area contributed by atoms with Crippen LogP contribution in [0.1, 0.15) is 35.3 Å². The Morgan fingerprint density at radius 2 is 1.93 bits per heavy atom. The van der Waals surface area contributed by atoms with Crippen molar-refractivity contribution in [1.29, 1.82) is 0 Å². The number of carbonyl (C=O) groups excluding carboxylic acids is 1. The van der Waals surface area contributed by atoms with Gasteiger partial charge in [0, 0.05) is 5.69 Å². The highest BCUT2D eigenvalue weighted by atomic mass is 35.5. The van der Waals surface area contributed by atoms with Crippen LogP contribution in [0.25, 0.3) is 0 Å². The summed E-state index contributed by atoms with van der Waals surface area (Å²) in [5, 5.41) is 13.5. The molecule has 2 aromatic carbocycles. The first-order valence-corrected chi connectivity index (χ1v) is 10.3. The second kappa shape index (κ2) is 8.27. The van der Waals surface area contributed by atoms with Crippen LogP contribution < -0.4 is 5.32 Å². The Hall–Kier alpha value is -2.59. The Bertz CT molecular complexity index is 1060. The minimum Gasteiger partial charge on any atom is -0.325 e. The third kappa shape index (κ3) is 4.59. The average molecular weight is 454 g/mol. The predicted molar refractivity (Wildman–Crippen MR) is 106 cm³/mol. The van der Waals surface area contributed by atoms with Crippen LogP contribution in [-0.4, -0.2) is 26.1 Å². The first-order chi connectivity index (χ1) is 14.3. The molecule has 1 aromatic heterocycles. The molecule has 0 aliphatic heterocycles. The van der Waals surface area contributed by atoms with Crippen molar-refractivity contribution in [2.45, 2.75) is 35.5 Å².